The van der Waals surface area contributed by atoms with Crippen LogP contribution < -0.4 is 0 Å². The van der Waals surface area contributed by atoms with Gasteiger partial charge in [-0.1, -0.05) is 11.5 Å². The van der Waals surface area contributed by atoms with Gasteiger partial charge >= 0.3 is 0 Å². The minimum Gasteiger partial charge on any atom is -0.0687 e. The summed E-state index contributed by atoms with van der Waals surface area (Å²) in [5, 5.41) is 0. The van der Waals surface area contributed by atoms with Crippen LogP contribution in [0.1, 0.15) is 0 Å². The van der Waals surface area contributed by atoms with Crippen molar-refractivity contribution in [3.8, 4) is 0 Å². The first-order valence-electron chi connectivity index (χ1n) is 30.0. The van der Waals surface area contributed by atoms with E-state index in [1.165, 1.54) is 0 Å². The zero-order valence-electron chi connectivity index (χ0n) is 60.4. The minimum absolute atomic E-state index is 2.37. The predicted octanol–water partition coefficient (Wildman–Crippen LogP) is 19.1. The summed E-state index contributed by atoms with van der Waals surface area (Å²) < 4.78 is 0. The van der Waals surface area contributed by atoms with Crippen LogP contribution in [0, 0.1) is 0 Å². The molecule has 0 aromatic heterocycles. The highest BCUT2D eigenvalue weighted by molar-refractivity contribution is 5.04. The zero-order valence-corrected chi connectivity index (χ0v) is 60.4. The van der Waals surface area contributed by atoms with Gasteiger partial charge in [-0.3, -0.25) is 0 Å². The molecule has 0 spiro atoms. The molecule has 0 aromatic carbocycles. The third kappa shape index (κ3) is 91.8. The summed E-state index contributed by atoms with van der Waals surface area (Å²) >= 11 is 0. The van der Waals surface area contributed by atoms with E-state index in [1.807, 2.05) is 0 Å². The lowest BCUT2D eigenvalue weighted by Crippen LogP contribution is -1.26. The average molecular weight is 1450 g/mol. The Labute approximate surface area is 684 Å². The Morgan fingerprint density at radius 1 is 0.0417 bits per heavy atom. The molecule has 0 bridgehead atoms. The van der Waals surface area contributed by atoms with E-state index in [-0.39, 0.29) is 0 Å². The summed E-state index contributed by atoms with van der Waals surface area (Å²) in [4.78, 5) is 0. The topological polar surface area (TPSA) is 0 Å². The maximum atomic E-state index is 3.32. The van der Waals surface area contributed by atoms with Gasteiger partial charge in [-0.15, -0.1) is 0 Å². The molecule has 0 amide bonds. The molecular weight excluding hydrogens is 1440 g/mol. The zero-order chi connectivity index (χ0) is 85.4. The molecule has 0 heterocycles. The molecule has 484 valence electrons. The molecule has 0 radical (unpaired) electrons. The molecule has 0 N–H and O–H groups in total. The largest absolute Gasteiger partial charge is 0.0687 e. The Hall–Kier alpha value is -26.2. The Morgan fingerprint density at radius 2 is 0.0667 bits per heavy atom. The SMILES string of the molecule is C=C=C=C=C=C=C=C=C=C=C=C=C=C=C=C=C=C=C=C=C=C=C=C=C=C=C=C=C=C=C=C=C=C=C=C=C=C=C=C=C=C=C=C=C=C=C=C=C=C=C=C=C=C=C=C=C=C=C=C=C=C=C=C=C=C=C=C=C=C=C=C=C=C=C=C=C=C=C=C=C=C=C=C=C=C=C=C=C=C=C=C=C=C=C=C=C=C=C=C=C=C=C=C=C=C=C=C=C=C=C=C=C=C=C=C=C=C=C=C. The van der Waals surface area contributed by atoms with Crippen LogP contribution in [-0.4, -0.2) is 0 Å². The summed E-state index contributed by atoms with van der Waals surface area (Å²) in [5.74, 6) is 0. The van der Waals surface area contributed by atoms with Crippen molar-refractivity contribution in [2.75, 3.05) is 0 Å². The second-order valence-corrected chi connectivity index (χ2v) is 14.9. The molecule has 0 atom stereocenters. The van der Waals surface area contributed by atoms with Crippen LogP contribution in [-0.2, 0) is 0 Å². The Balaban J connectivity index is 6.20. The van der Waals surface area contributed by atoms with Crippen molar-refractivity contribution in [1.29, 1.82) is 0 Å². The second kappa shape index (κ2) is 92.8. The van der Waals surface area contributed by atoms with Crippen molar-refractivity contribution in [2.24, 2.45) is 0 Å². The van der Waals surface area contributed by atoms with E-state index in [4.69, 9.17) is 0 Å². The van der Waals surface area contributed by atoms with Gasteiger partial charge in [0, 0.05) is 573 Å². The van der Waals surface area contributed by atoms with E-state index in [0.29, 0.717) is 0 Å². The van der Waals surface area contributed by atoms with Crippen LogP contribution in [0.25, 0.3) is 0 Å². The molecule has 0 rings (SSSR count). The highest BCUT2D eigenvalue weighted by Crippen LogP contribution is 1.68. The predicted molar refractivity (Wildman–Crippen MR) is 426 cm³/mol. The Morgan fingerprint density at radius 3 is 0.0917 bits per heavy atom. The molecule has 0 aliphatic heterocycles. The fourth-order valence-corrected chi connectivity index (χ4v) is 3.65. The fraction of sp³-hybridized carbons (Fsp3) is 0. The van der Waals surface area contributed by atoms with Crippen molar-refractivity contribution in [3.05, 3.63) is 689 Å². The highest BCUT2D eigenvalue weighted by Gasteiger charge is 1.53. The Bertz CT molecular complexity index is 9010. The molecule has 0 saturated heterocycles. The second-order valence-electron chi connectivity index (χ2n) is 14.9. The van der Waals surface area contributed by atoms with Gasteiger partial charge in [-0.2, -0.15) is 0 Å². The van der Waals surface area contributed by atoms with E-state index >= 15 is 0 Å². The monoisotopic (exact) mass is 1440 g/mol. The molecule has 0 unspecified atom stereocenters. The molecule has 0 aromatic rings. The molecule has 0 aliphatic rings. The summed E-state index contributed by atoms with van der Waals surface area (Å²) in [7, 11) is 0. The minimum atomic E-state index is 2.37. The number of rotatable bonds is 0. The van der Waals surface area contributed by atoms with Gasteiger partial charge < -0.3 is 0 Å². The number of hydrogen-bond acceptors (Lipinski definition) is 0. The molecule has 0 aliphatic carbocycles. The van der Waals surface area contributed by atoms with Crippen molar-refractivity contribution in [3.63, 3.8) is 0 Å². The van der Waals surface area contributed by atoms with Crippen molar-refractivity contribution in [1.82, 2.24) is 0 Å². The molecule has 0 heteroatoms. The maximum Gasteiger partial charge on any atom is 0 e. The fourth-order valence-electron chi connectivity index (χ4n) is 3.65. The van der Waals surface area contributed by atoms with E-state index < -0.39 is 0 Å². The molecule has 0 nitrogen and oxygen atoms in total. The molecule has 0 saturated carbocycles. The summed E-state index contributed by atoms with van der Waals surface area (Å²) in [5.41, 5.74) is 294. The van der Waals surface area contributed by atoms with Gasteiger partial charge in [0.05, 0.1) is 0 Å². The van der Waals surface area contributed by atoms with E-state index in [9.17, 15) is 0 Å². The lowest BCUT2D eigenvalue weighted by molar-refractivity contribution is 2.10. The van der Waals surface area contributed by atoms with E-state index in [1.54, 1.807) is 0 Å². The quantitative estimate of drug-likeness (QED) is 0.212. The summed E-state index contributed by atoms with van der Waals surface area (Å²) in [6.07, 6.45) is 0. The molecule has 120 heavy (non-hydrogen) atoms. The van der Waals surface area contributed by atoms with Gasteiger partial charge in [-0.25, -0.2) is 0 Å². The summed E-state index contributed by atoms with van der Waals surface area (Å²) in [6.45, 7) is 6.64. The lowest BCUT2D eigenvalue weighted by atomic mass is 10.6. The first kappa shape index (κ1) is 93.8. The van der Waals surface area contributed by atoms with Gasteiger partial charge in [0.1, 0.15) is 0 Å². The number of hydrogen-bond donors (Lipinski definition) is 0. The van der Waals surface area contributed by atoms with Crippen LogP contribution in [0.3, 0.4) is 0 Å². The molecule has 0 fully saturated rings. The normalized spacial score (nSPS) is 3.97. The van der Waals surface area contributed by atoms with E-state index in [0.717, 1.165) is 0 Å². The van der Waals surface area contributed by atoms with Gasteiger partial charge in [0.25, 0.3) is 0 Å². The smallest absolute Gasteiger partial charge is 0 e. The lowest BCUT2D eigenvalue weighted by Gasteiger charge is -1.41. The first-order valence-corrected chi connectivity index (χ1v) is 30.0. The van der Waals surface area contributed by atoms with Crippen LogP contribution in [0.15, 0.2) is 689 Å². The Kier molecular flexibility index (Phi) is 72.5. The van der Waals surface area contributed by atoms with E-state index in [2.05, 4.69) is 689 Å². The third-order valence-corrected chi connectivity index (χ3v) is 7.36. The van der Waals surface area contributed by atoms with Crippen LogP contribution in [0.4, 0.5) is 0 Å². The highest BCUT2D eigenvalue weighted by atomic mass is 13.5. The van der Waals surface area contributed by atoms with Crippen molar-refractivity contribution in [2.45, 2.75) is 0 Å². The average Bonchev–Trinajstić information content (AvgIpc) is 1.40. The third-order valence-electron chi connectivity index (χ3n) is 7.36. The van der Waals surface area contributed by atoms with Crippen LogP contribution >= 0.6 is 0 Å². The van der Waals surface area contributed by atoms with Gasteiger partial charge in [0.2, 0.25) is 0 Å². The van der Waals surface area contributed by atoms with Gasteiger partial charge in [0.15, 0.2) is 0 Å². The van der Waals surface area contributed by atoms with Crippen molar-refractivity contribution < 1.29 is 0 Å². The van der Waals surface area contributed by atoms with Gasteiger partial charge in [-0.05, 0) is 105 Å². The van der Waals surface area contributed by atoms with Crippen LogP contribution in [0.2, 0.25) is 0 Å². The van der Waals surface area contributed by atoms with Crippen molar-refractivity contribution >= 4 is 0 Å². The van der Waals surface area contributed by atoms with Crippen LogP contribution in [0.5, 0.6) is 0 Å². The maximum absolute atomic E-state index is 3.32. The summed E-state index contributed by atoms with van der Waals surface area (Å²) in [6, 6.07) is 0. The standard InChI is InChI=1S/C120H4/c1-3-5-7-9-11-13-15-17-19-21-23-25-27-29-31-33-35-37-39-41-43-45-47-49-51-53-55-57-59-61-63-65-67-69-71-73-75-77-79-81-83-85-87-89-91-93-95-97-99-101-103-105-107-109-111-113-115-117-119-120-118-116-114-112-110-108-106-104-102-100-98-96-94-92-90-88-86-84-82-80-78-76-74-72-70-68-66-64-62-60-58-56-54-52-50-48-46-44-42-40-38-36-34-32-30-28-26-24-22-20-18-16-14-12-10-8-6-4-2/h1-2H2. The first-order chi connectivity index (χ1) is 59.9. The molecular formula is C120H4.